The lowest BCUT2D eigenvalue weighted by molar-refractivity contribution is -0.142. The Morgan fingerprint density at radius 1 is 0.971 bits per heavy atom. The van der Waals surface area contributed by atoms with Gasteiger partial charge < -0.3 is 15.3 Å². The van der Waals surface area contributed by atoms with E-state index in [-0.39, 0.29) is 33.4 Å². The Balaban J connectivity index is 0.000000203. The van der Waals surface area contributed by atoms with Crippen LogP contribution >= 0.6 is 34.8 Å². The fourth-order valence-corrected chi connectivity index (χ4v) is 4.14. The van der Waals surface area contributed by atoms with Gasteiger partial charge in [0.05, 0.1) is 21.2 Å². The molecular weight excluding hydrogens is 521 g/mol. The largest absolute Gasteiger partial charge is 0.479 e. The van der Waals surface area contributed by atoms with Crippen LogP contribution in [0.15, 0.2) is 47.7 Å². The van der Waals surface area contributed by atoms with E-state index in [1.807, 2.05) is 13.0 Å². The number of fused-ring (bicyclic) bond motifs is 1. The lowest BCUT2D eigenvalue weighted by Gasteiger charge is -2.30. The second kappa shape index (κ2) is 10.1. The number of aromatic nitrogens is 1. The van der Waals surface area contributed by atoms with Crippen molar-refractivity contribution in [1.82, 2.24) is 4.98 Å². The van der Waals surface area contributed by atoms with Crippen molar-refractivity contribution in [1.29, 1.82) is 0 Å². The van der Waals surface area contributed by atoms with Crippen molar-refractivity contribution < 1.29 is 29.7 Å². The van der Waals surface area contributed by atoms with Crippen LogP contribution in [-0.4, -0.2) is 49.5 Å². The zero-order chi connectivity index (χ0) is 26.1. The Bertz CT molecular complexity index is 1390. The number of halogens is 3. The minimum absolute atomic E-state index is 0.0640. The number of rotatable bonds is 4. The number of nitrogens with zero attached hydrogens (tertiary/aromatic N) is 3. The standard InChI is InChI=1S/C12H10Cl2N2O4.C11H8ClNO2/c1-12(11(19)20)5-8(10(17)18)15-16(12)9-3-2-6(13)4-7(9)14;1-6-4-7-2-3-8(12)9(11(14)15)10(7)13-5-6/h2-4H,5H2,1H3,(H,17,18)(H,19,20);2-5H,1H3,(H,14,15). The molecule has 2 aromatic carbocycles. The molecule has 35 heavy (non-hydrogen) atoms. The van der Waals surface area contributed by atoms with Gasteiger partial charge in [-0.05, 0) is 49.7 Å². The number of aromatic carboxylic acids is 1. The fraction of sp³-hybridized carbons (Fsp3) is 0.174. The molecule has 1 aliphatic heterocycles. The number of hydrogen-bond acceptors (Lipinski definition) is 6. The summed E-state index contributed by atoms with van der Waals surface area (Å²) in [6, 6.07) is 9.69. The molecule has 1 atom stereocenters. The zero-order valence-corrected chi connectivity index (χ0v) is 20.6. The van der Waals surface area contributed by atoms with Crippen LogP contribution in [0.5, 0.6) is 0 Å². The van der Waals surface area contributed by atoms with Gasteiger partial charge in [-0.2, -0.15) is 5.10 Å². The van der Waals surface area contributed by atoms with Gasteiger partial charge in [0.15, 0.2) is 5.54 Å². The molecule has 4 rings (SSSR count). The molecule has 1 aromatic heterocycles. The summed E-state index contributed by atoms with van der Waals surface area (Å²) in [7, 11) is 0. The SMILES string of the molecule is CC1(C(=O)O)CC(C(=O)O)=NN1c1ccc(Cl)cc1Cl.Cc1cnc2c(C(=O)O)c(Cl)ccc2c1. The third kappa shape index (κ3) is 5.32. The van der Waals surface area contributed by atoms with Crippen molar-refractivity contribution in [3.63, 3.8) is 0 Å². The van der Waals surface area contributed by atoms with E-state index in [2.05, 4.69) is 10.1 Å². The second-order valence-electron chi connectivity index (χ2n) is 7.83. The number of carboxylic acid groups (broad SMARTS) is 3. The molecule has 0 saturated heterocycles. The second-order valence-corrected chi connectivity index (χ2v) is 9.08. The number of hydrazone groups is 1. The highest BCUT2D eigenvalue weighted by Gasteiger charge is 2.48. The molecule has 0 radical (unpaired) electrons. The quantitative estimate of drug-likeness (QED) is 0.402. The number of hydrogen-bond donors (Lipinski definition) is 3. The van der Waals surface area contributed by atoms with Gasteiger partial charge in [-0.3, -0.25) is 4.98 Å². The van der Waals surface area contributed by atoms with E-state index >= 15 is 0 Å². The first-order valence-corrected chi connectivity index (χ1v) is 11.1. The van der Waals surface area contributed by atoms with Crippen molar-refractivity contribution in [3.05, 3.63) is 68.8 Å². The van der Waals surface area contributed by atoms with E-state index in [4.69, 9.17) is 45.0 Å². The van der Waals surface area contributed by atoms with Crippen molar-refractivity contribution in [2.24, 2.45) is 5.10 Å². The van der Waals surface area contributed by atoms with Gasteiger partial charge in [0.1, 0.15) is 11.3 Å². The average molecular weight is 539 g/mol. The summed E-state index contributed by atoms with van der Waals surface area (Å²) in [6.45, 7) is 3.29. The third-order valence-electron chi connectivity index (χ3n) is 5.20. The molecule has 0 spiro atoms. The van der Waals surface area contributed by atoms with Crippen LogP contribution in [0.25, 0.3) is 10.9 Å². The molecular formula is C23H18Cl3N3O6. The molecule has 0 bridgehead atoms. The van der Waals surface area contributed by atoms with Gasteiger partial charge in [0.2, 0.25) is 0 Å². The molecule has 2 heterocycles. The first kappa shape index (κ1) is 26.2. The zero-order valence-electron chi connectivity index (χ0n) is 18.3. The maximum Gasteiger partial charge on any atom is 0.352 e. The number of anilines is 1. The molecule has 0 amide bonds. The van der Waals surface area contributed by atoms with Gasteiger partial charge in [-0.25, -0.2) is 19.4 Å². The van der Waals surface area contributed by atoms with Gasteiger partial charge in [-0.15, -0.1) is 0 Å². The summed E-state index contributed by atoms with van der Waals surface area (Å²) in [5.41, 5.74) is 0.0274. The Labute approximate surface area is 214 Å². The highest BCUT2D eigenvalue weighted by atomic mass is 35.5. The van der Waals surface area contributed by atoms with E-state index in [0.29, 0.717) is 10.5 Å². The maximum atomic E-state index is 11.5. The summed E-state index contributed by atoms with van der Waals surface area (Å²) >= 11 is 17.6. The normalized spacial score (nSPS) is 16.9. The molecule has 12 heteroatoms. The van der Waals surface area contributed by atoms with Gasteiger partial charge in [0, 0.05) is 23.0 Å². The minimum atomic E-state index is -1.51. The summed E-state index contributed by atoms with van der Waals surface area (Å²) in [6.07, 6.45) is 1.40. The summed E-state index contributed by atoms with van der Waals surface area (Å²) in [5.74, 6) is -3.50. The van der Waals surface area contributed by atoms with Crippen LogP contribution in [0.4, 0.5) is 5.69 Å². The van der Waals surface area contributed by atoms with Crippen LogP contribution < -0.4 is 5.01 Å². The Hall–Kier alpha value is -3.40. The van der Waals surface area contributed by atoms with E-state index in [0.717, 1.165) is 16.0 Å². The number of aliphatic carboxylic acids is 2. The molecule has 0 saturated carbocycles. The lowest BCUT2D eigenvalue weighted by atomic mass is 9.95. The number of carboxylic acids is 3. The van der Waals surface area contributed by atoms with E-state index in [9.17, 15) is 19.5 Å². The van der Waals surface area contributed by atoms with Crippen LogP contribution in [0.1, 0.15) is 29.3 Å². The predicted octanol–water partition coefficient (Wildman–Crippen LogP) is 5.38. The van der Waals surface area contributed by atoms with E-state index in [1.165, 1.54) is 25.1 Å². The number of aryl methyl sites for hydroxylation is 1. The molecule has 9 nitrogen and oxygen atoms in total. The highest BCUT2D eigenvalue weighted by molar-refractivity contribution is 6.39. The summed E-state index contributed by atoms with van der Waals surface area (Å²) in [4.78, 5) is 37.6. The van der Waals surface area contributed by atoms with E-state index < -0.39 is 23.4 Å². The number of benzene rings is 2. The molecule has 1 aliphatic rings. The molecule has 3 N–H and O–H groups in total. The molecule has 1 unspecified atom stereocenters. The smallest absolute Gasteiger partial charge is 0.352 e. The van der Waals surface area contributed by atoms with E-state index in [1.54, 1.807) is 18.3 Å². The minimum Gasteiger partial charge on any atom is -0.479 e. The first-order valence-electron chi connectivity index (χ1n) is 9.92. The topological polar surface area (TPSA) is 140 Å². The van der Waals surface area contributed by atoms with Crippen molar-refractivity contribution in [3.8, 4) is 0 Å². The summed E-state index contributed by atoms with van der Waals surface area (Å²) < 4.78 is 0. The van der Waals surface area contributed by atoms with Crippen LogP contribution in [0.2, 0.25) is 15.1 Å². The molecule has 3 aromatic rings. The maximum absolute atomic E-state index is 11.5. The monoisotopic (exact) mass is 537 g/mol. The van der Waals surface area contributed by atoms with Crippen molar-refractivity contribution in [2.75, 3.05) is 5.01 Å². The third-order valence-corrected chi connectivity index (χ3v) is 6.05. The predicted molar refractivity (Wildman–Crippen MR) is 133 cm³/mol. The molecule has 0 aliphatic carbocycles. The Morgan fingerprint density at radius 3 is 2.23 bits per heavy atom. The fourth-order valence-electron chi connectivity index (χ4n) is 3.42. The van der Waals surface area contributed by atoms with Crippen molar-refractivity contribution >= 4 is 75.0 Å². The average Bonchev–Trinajstić information content (AvgIpc) is 3.13. The molecule has 0 fully saturated rings. The first-order chi connectivity index (χ1) is 16.3. The van der Waals surface area contributed by atoms with Gasteiger partial charge in [-0.1, -0.05) is 40.9 Å². The Kier molecular flexibility index (Phi) is 7.54. The van der Waals surface area contributed by atoms with Crippen LogP contribution in [0, 0.1) is 6.92 Å². The summed E-state index contributed by atoms with van der Waals surface area (Å²) in [5, 5.41) is 33.9. The number of pyridine rings is 1. The number of carbonyl (C=O) groups is 3. The van der Waals surface area contributed by atoms with Crippen LogP contribution in [-0.2, 0) is 9.59 Å². The van der Waals surface area contributed by atoms with Gasteiger partial charge in [0.25, 0.3) is 0 Å². The van der Waals surface area contributed by atoms with Gasteiger partial charge >= 0.3 is 17.9 Å². The highest BCUT2D eigenvalue weighted by Crippen LogP contribution is 2.38. The Morgan fingerprint density at radius 2 is 1.66 bits per heavy atom. The van der Waals surface area contributed by atoms with Crippen LogP contribution in [0.3, 0.4) is 0 Å². The van der Waals surface area contributed by atoms with Crippen molar-refractivity contribution in [2.45, 2.75) is 25.8 Å². The molecule has 182 valence electrons. The lowest BCUT2D eigenvalue weighted by Crippen LogP contribution is -2.47.